The number of ether oxygens (including phenoxy) is 1. The van der Waals surface area contributed by atoms with Gasteiger partial charge in [-0.05, 0) is 62.6 Å². The van der Waals surface area contributed by atoms with E-state index in [0.717, 1.165) is 28.0 Å². The van der Waals surface area contributed by atoms with Crippen LogP contribution in [0.3, 0.4) is 0 Å². The number of carbonyl (C=O) groups is 6. The Morgan fingerprint density at radius 1 is 0.771 bits per heavy atom. The molecule has 2 aliphatic carbocycles. The summed E-state index contributed by atoms with van der Waals surface area (Å²) >= 11 is 0. The number of allylic oxidation sites excluding steroid dienone is 2. The van der Waals surface area contributed by atoms with Gasteiger partial charge >= 0.3 is 18.3 Å². The summed E-state index contributed by atoms with van der Waals surface area (Å²) in [5, 5.41) is 28.8. The number of aliphatic carboxylic acids is 2. The largest absolute Gasteiger partial charge is 0.573 e. The number of fused-ring (bicyclic) bond motifs is 4. The minimum absolute atomic E-state index is 0.00303. The molecule has 1 aromatic rings. The van der Waals surface area contributed by atoms with Gasteiger partial charge in [0.2, 0.25) is 23.6 Å². The molecule has 2 saturated heterocycles. The molecule has 4 amide bonds. The quantitative estimate of drug-likeness (QED) is 0.147. The van der Waals surface area contributed by atoms with Crippen molar-refractivity contribution in [3.8, 4) is 11.5 Å². The average molecular weight is 679 g/mol. The minimum Gasteiger partial charge on any atom is -0.508 e. The summed E-state index contributed by atoms with van der Waals surface area (Å²) in [7, 11) is 0. The van der Waals surface area contributed by atoms with Gasteiger partial charge in [0.25, 0.3) is 0 Å². The second-order valence-electron chi connectivity index (χ2n) is 12.9. The molecular formula is C33H37F3N2O10. The number of carboxylic acid groups (broad SMARTS) is 2. The number of phenols is 1. The fourth-order valence-corrected chi connectivity index (χ4v) is 7.93. The summed E-state index contributed by atoms with van der Waals surface area (Å²) in [6.07, 6.45) is -0.943. The minimum atomic E-state index is -5.05. The lowest BCUT2D eigenvalue weighted by Crippen LogP contribution is -2.43. The van der Waals surface area contributed by atoms with Crippen molar-refractivity contribution in [2.45, 2.75) is 76.5 Å². The zero-order valence-corrected chi connectivity index (χ0v) is 26.0. The van der Waals surface area contributed by atoms with E-state index in [-0.39, 0.29) is 44.3 Å². The molecule has 0 bridgehead atoms. The number of imide groups is 2. The van der Waals surface area contributed by atoms with E-state index in [9.17, 15) is 47.0 Å². The van der Waals surface area contributed by atoms with Crippen LogP contribution in [-0.2, 0) is 28.8 Å². The van der Waals surface area contributed by atoms with Gasteiger partial charge in [0.15, 0.2) is 0 Å². The molecule has 4 aliphatic rings. The molecule has 12 nitrogen and oxygen atoms in total. The smallest absolute Gasteiger partial charge is 0.508 e. The molecular weight excluding hydrogens is 641 g/mol. The van der Waals surface area contributed by atoms with E-state index in [1.54, 1.807) is 6.08 Å². The van der Waals surface area contributed by atoms with E-state index in [1.165, 1.54) is 0 Å². The van der Waals surface area contributed by atoms with Crippen molar-refractivity contribution in [1.82, 2.24) is 9.80 Å². The maximum absolute atomic E-state index is 13.9. The van der Waals surface area contributed by atoms with Crippen LogP contribution in [0.4, 0.5) is 13.2 Å². The number of benzene rings is 1. The highest BCUT2D eigenvalue weighted by Gasteiger charge is 2.62. The summed E-state index contributed by atoms with van der Waals surface area (Å²) in [5.41, 5.74) is 0.420. The Balaban J connectivity index is 1.46. The molecule has 0 spiro atoms. The third kappa shape index (κ3) is 7.04. The molecule has 5 rings (SSSR count). The van der Waals surface area contributed by atoms with Crippen molar-refractivity contribution >= 4 is 35.6 Å². The lowest BCUT2D eigenvalue weighted by Gasteiger charge is -2.44. The average Bonchev–Trinajstić information content (AvgIpc) is 3.39. The number of alkyl halides is 3. The Hall–Kier alpha value is -4.43. The number of amides is 4. The molecule has 48 heavy (non-hydrogen) atoms. The van der Waals surface area contributed by atoms with E-state index in [2.05, 4.69) is 4.74 Å². The number of aromatic hydroxyl groups is 1. The predicted octanol–water partition coefficient (Wildman–Crippen LogP) is 4.22. The molecule has 1 saturated carbocycles. The molecule has 3 N–H and O–H groups in total. The van der Waals surface area contributed by atoms with Crippen molar-refractivity contribution in [1.29, 1.82) is 0 Å². The van der Waals surface area contributed by atoms with E-state index in [1.807, 2.05) is 0 Å². The van der Waals surface area contributed by atoms with Crippen LogP contribution in [0.5, 0.6) is 11.5 Å². The molecule has 260 valence electrons. The van der Waals surface area contributed by atoms with Crippen molar-refractivity contribution in [3.63, 3.8) is 0 Å². The van der Waals surface area contributed by atoms with Gasteiger partial charge in [-0.25, -0.2) is 0 Å². The number of likely N-dealkylation sites (tertiary alicyclic amines) is 2. The van der Waals surface area contributed by atoms with Gasteiger partial charge in [0, 0.05) is 37.4 Å². The maximum Gasteiger partial charge on any atom is 0.573 e. The van der Waals surface area contributed by atoms with E-state index in [4.69, 9.17) is 10.2 Å². The predicted molar refractivity (Wildman–Crippen MR) is 158 cm³/mol. The lowest BCUT2D eigenvalue weighted by molar-refractivity contribution is -0.274. The number of carboxylic acids is 2. The molecule has 0 aromatic heterocycles. The fraction of sp³-hybridized carbons (Fsp3) is 0.576. The Bertz CT molecular complexity index is 1520. The third-order valence-electron chi connectivity index (χ3n) is 9.94. The summed E-state index contributed by atoms with van der Waals surface area (Å²) in [6, 6.07) is 2.92. The number of nitrogens with zero attached hydrogens (tertiary/aromatic N) is 2. The first-order chi connectivity index (χ1) is 22.7. The molecule has 2 aliphatic heterocycles. The highest BCUT2D eigenvalue weighted by Crippen LogP contribution is 2.59. The highest BCUT2D eigenvalue weighted by molar-refractivity contribution is 6.08. The Morgan fingerprint density at radius 2 is 1.33 bits per heavy atom. The van der Waals surface area contributed by atoms with Crippen molar-refractivity contribution in [3.05, 3.63) is 35.4 Å². The van der Waals surface area contributed by atoms with Gasteiger partial charge in [-0.1, -0.05) is 24.5 Å². The molecule has 6 unspecified atom stereocenters. The van der Waals surface area contributed by atoms with Gasteiger partial charge in [0.05, 0.1) is 23.7 Å². The van der Waals surface area contributed by atoms with Gasteiger partial charge in [-0.3, -0.25) is 38.6 Å². The van der Waals surface area contributed by atoms with Crippen molar-refractivity contribution < 1.29 is 62.0 Å². The number of hydrogen-bond acceptors (Lipinski definition) is 8. The molecule has 6 atom stereocenters. The zero-order valence-electron chi connectivity index (χ0n) is 26.0. The van der Waals surface area contributed by atoms with Crippen LogP contribution < -0.4 is 4.74 Å². The second-order valence-corrected chi connectivity index (χ2v) is 12.9. The maximum atomic E-state index is 13.9. The van der Waals surface area contributed by atoms with Crippen LogP contribution in [-0.4, -0.2) is 80.1 Å². The van der Waals surface area contributed by atoms with Crippen LogP contribution in [0.25, 0.3) is 0 Å². The van der Waals surface area contributed by atoms with Crippen LogP contribution >= 0.6 is 0 Å². The van der Waals surface area contributed by atoms with Crippen LogP contribution in [0.15, 0.2) is 29.8 Å². The number of unbranched alkanes of at least 4 members (excludes halogenated alkanes) is 4. The van der Waals surface area contributed by atoms with E-state index in [0.29, 0.717) is 44.1 Å². The van der Waals surface area contributed by atoms with Crippen LogP contribution in [0, 0.1) is 29.6 Å². The SMILES string of the molecule is O=C(O)CCCCCN1C(=O)C2CC=C3C(CC4C(=O)N(CCCCCC(=O)O)C(=O)C4C3c3cc(OC(F)(F)F)ccc3O)C2C1=O. The highest BCUT2D eigenvalue weighted by atomic mass is 19.4. The monoisotopic (exact) mass is 678 g/mol. The van der Waals surface area contributed by atoms with Gasteiger partial charge < -0.3 is 20.1 Å². The lowest BCUT2D eigenvalue weighted by atomic mass is 9.57. The number of carbonyl (C=O) groups excluding carboxylic acids is 4. The van der Waals surface area contributed by atoms with Crippen molar-refractivity contribution in [2.24, 2.45) is 29.6 Å². The summed E-state index contributed by atoms with van der Waals surface area (Å²) in [6.45, 7) is 0.0928. The van der Waals surface area contributed by atoms with E-state index < -0.39 is 88.9 Å². The van der Waals surface area contributed by atoms with Crippen LogP contribution in [0.1, 0.15) is 75.7 Å². The Kier molecular flexibility index (Phi) is 10.2. The Labute approximate surface area is 273 Å². The molecule has 0 radical (unpaired) electrons. The normalized spacial score (nSPS) is 26.7. The van der Waals surface area contributed by atoms with Gasteiger partial charge in [-0.15, -0.1) is 13.2 Å². The standard InChI is InChI=1S/C33H37F3N2O10/c34-33(35,36)48-17-9-12-23(39)21(15-17)26-18-10-11-19-27(31(46)37(29(19)44)13-5-1-3-7-24(40)41)20(18)16-22-28(26)32(47)38(30(22)45)14-6-2-4-8-25(42)43/h9-10,12,15,19-20,22,26-28,39H,1-8,11,13-14,16H2,(H,40,41)(H,42,43). The molecule has 15 heteroatoms. The zero-order chi connectivity index (χ0) is 34.9. The first kappa shape index (κ1) is 34.9. The summed E-state index contributed by atoms with van der Waals surface area (Å²) < 4.78 is 43.6. The summed E-state index contributed by atoms with van der Waals surface area (Å²) in [5.74, 6) is -10.5. The second kappa shape index (κ2) is 14.0. The first-order valence-electron chi connectivity index (χ1n) is 16.1. The summed E-state index contributed by atoms with van der Waals surface area (Å²) in [4.78, 5) is 79.0. The van der Waals surface area contributed by atoms with Crippen molar-refractivity contribution in [2.75, 3.05) is 13.1 Å². The van der Waals surface area contributed by atoms with E-state index >= 15 is 0 Å². The third-order valence-corrected chi connectivity index (χ3v) is 9.94. The topological polar surface area (TPSA) is 179 Å². The molecule has 1 aromatic carbocycles. The number of hydrogen-bond donors (Lipinski definition) is 3. The van der Waals surface area contributed by atoms with Crippen LogP contribution in [0.2, 0.25) is 0 Å². The fourth-order valence-electron chi connectivity index (χ4n) is 7.93. The van der Waals surface area contributed by atoms with Gasteiger partial charge in [0.1, 0.15) is 11.5 Å². The number of rotatable bonds is 14. The van der Waals surface area contributed by atoms with Gasteiger partial charge in [-0.2, -0.15) is 0 Å². The molecule has 2 heterocycles. The Morgan fingerprint density at radius 3 is 1.90 bits per heavy atom. The first-order valence-corrected chi connectivity index (χ1v) is 16.1. The number of phenolic OH excluding ortho intramolecular Hbond substituents is 1. The molecule has 3 fully saturated rings. The number of halogens is 3.